The van der Waals surface area contributed by atoms with Gasteiger partial charge in [-0.3, -0.25) is 4.79 Å². The minimum atomic E-state index is -0.987. The summed E-state index contributed by atoms with van der Waals surface area (Å²) in [6.45, 7) is 0.735. The van der Waals surface area contributed by atoms with Crippen LogP contribution in [0.25, 0.3) is 0 Å². The maximum Gasteiger partial charge on any atom is 0.407 e. The van der Waals surface area contributed by atoms with Gasteiger partial charge in [0.05, 0.1) is 6.04 Å². The fraction of sp³-hybridized carbons (Fsp3) is 0.500. The maximum atomic E-state index is 11.8. The molecule has 18 heavy (non-hydrogen) atoms. The predicted octanol–water partition coefficient (Wildman–Crippen LogP) is 1.86. The van der Waals surface area contributed by atoms with Gasteiger partial charge in [0.2, 0.25) is 0 Å². The topological polar surface area (TPSA) is 75.4 Å². The first-order valence-corrected chi connectivity index (χ1v) is 6.16. The van der Waals surface area contributed by atoms with Gasteiger partial charge in [0.1, 0.15) is 5.15 Å². The van der Waals surface area contributed by atoms with Crippen LogP contribution < -0.4 is 5.56 Å². The molecule has 6 nitrogen and oxygen atoms in total. The van der Waals surface area contributed by atoms with Gasteiger partial charge in [-0.15, -0.1) is 0 Å². The Kier molecular flexibility index (Phi) is 3.77. The van der Waals surface area contributed by atoms with Crippen LogP contribution in [-0.4, -0.2) is 38.7 Å². The van der Waals surface area contributed by atoms with E-state index in [0.717, 1.165) is 0 Å². The minimum Gasteiger partial charge on any atom is -0.465 e. The van der Waals surface area contributed by atoms with Crippen molar-refractivity contribution in [1.29, 1.82) is 0 Å². The SMILES string of the molecule is O=C(O)N1CCCC(n2cc(Cl)nc(Cl)c2=O)C1. The molecule has 1 atom stereocenters. The maximum absolute atomic E-state index is 11.8. The summed E-state index contributed by atoms with van der Waals surface area (Å²) in [5.74, 6) is 0. The standard InChI is InChI=1S/C10H11Cl2N3O3/c11-7-5-15(9(16)8(12)13-7)6-2-1-3-14(4-6)10(17)18/h5-6H,1-4H2,(H,17,18). The third kappa shape index (κ3) is 2.59. The molecule has 1 aliphatic rings. The molecule has 1 amide bonds. The Morgan fingerprint density at radius 3 is 2.89 bits per heavy atom. The fourth-order valence-corrected chi connectivity index (χ4v) is 2.50. The van der Waals surface area contributed by atoms with Gasteiger partial charge in [0.25, 0.3) is 5.56 Å². The molecule has 2 rings (SSSR count). The second-order valence-electron chi connectivity index (χ2n) is 4.09. The molecule has 0 aromatic carbocycles. The summed E-state index contributed by atoms with van der Waals surface area (Å²) in [6.07, 6.45) is 1.81. The van der Waals surface area contributed by atoms with E-state index >= 15 is 0 Å². The molecule has 98 valence electrons. The zero-order valence-electron chi connectivity index (χ0n) is 9.34. The van der Waals surface area contributed by atoms with E-state index in [9.17, 15) is 9.59 Å². The second kappa shape index (κ2) is 5.16. The van der Waals surface area contributed by atoms with Gasteiger partial charge in [-0.1, -0.05) is 23.2 Å². The Morgan fingerprint density at radius 1 is 1.50 bits per heavy atom. The molecule has 1 fully saturated rings. The Balaban J connectivity index is 2.31. The molecule has 0 radical (unpaired) electrons. The van der Waals surface area contributed by atoms with E-state index in [1.165, 1.54) is 15.7 Å². The first kappa shape index (κ1) is 13.2. The van der Waals surface area contributed by atoms with E-state index in [-0.39, 0.29) is 22.9 Å². The van der Waals surface area contributed by atoms with E-state index in [1.54, 1.807) is 0 Å². The fourth-order valence-electron chi connectivity index (χ4n) is 2.08. The number of aromatic nitrogens is 2. The lowest BCUT2D eigenvalue weighted by atomic mass is 10.1. The molecule has 1 saturated heterocycles. The Hall–Kier alpha value is -1.27. The van der Waals surface area contributed by atoms with Crippen LogP contribution in [0, 0.1) is 0 Å². The summed E-state index contributed by atoms with van der Waals surface area (Å²) in [6, 6.07) is -0.250. The summed E-state index contributed by atoms with van der Waals surface area (Å²) in [5.41, 5.74) is -0.446. The van der Waals surface area contributed by atoms with Crippen LogP contribution >= 0.6 is 23.2 Å². The third-order valence-corrected chi connectivity index (χ3v) is 3.35. The van der Waals surface area contributed by atoms with Gasteiger partial charge in [-0.05, 0) is 12.8 Å². The molecule has 1 aromatic heterocycles. The van der Waals surface area contributed by atoms with Gasteiger partial charge in [0, 0.05) is 19.3 Å². The summed E-state index contributed by atoms with van der Waals surface area (Å²) in [5, 5.41) is 8.87. The molecule has 1 aromatic rings. The molecule has 0 bridgehead atoms. The van der Waals surface area contributed by atoms with E-state index < -0.39 is 11.7 Å². The molecular weight excluding hydrogens is 281 g/mol. The average Bonchev–Trinajstić information content (AvgIpc) is 2.34. The van der Waals surface area contributed by atoms with Crippen molar-refractivity contribution < 1.29 is 9.90 Å². The summed E-state index contributed by atoms with van der Waals surface area (Å²) >= 11 is 11.4. The van der Waals surface area contributed by atoms with Crippen LogP contribution in [0.4, 0.5) is 4.79 Å². The van der Waals surface area contributed by atoms with Gasteiger partial charge in [-0.2, -0.15) is 0 Å². The van der Waals surface area contributed by atoms with Gasteiger partial charge >= 0.3 is 6.09 Å². The number of hydrogen-bond donors (Lipinski definition) is 1. The first-order chi connectivity index (χ1) is 8.49. The highest BCUT2D eigenvalue weighted by Crippen LogP contribution is 2.21. The van der Waals surface area contributed by atoms with Crippen molar-refractivity contribution in [1.82, 2.24) is 14.5 Å². The predicted molar refractivity (Wildman–Crippen MR) is 66.4 cm³/mol. The monoisotopic (exact) mass is 291 g/mol. The summed E-state index contributed by atoms with van der Waals surface area (Å²) in [7, 11) is 0. The lowest BCUT2D eigenvalue weighted by molar-refractivity contribution is 0.121. The molecular formula is C10H11Cl2N3O3. The normalized spacial score (nSPS) is 19.9. The number of amides is 1. The van der Waals surface area contributed by atoms with Crippen molar-refractivity contribution in [2.75, 3.05) is 13.1 Å². The number of hydrogen-bond acceptors (Lipinski definition) is 3. The van der Waals surface area contributed by atoms with Crippen LogP contribution in [-0.2, 0) is 0 Å². The average molecular weight is 292 g/mol. The number of likely N-dealkylation sites (tertiary alicyclic amines) is 1. The van der Waals surface area contributed by atoms with Crippen LogP contribution in [0.3, 0.4) is 0 Å². The van der Waals surface area contributed by atoms with E-state index in [0.29, 0.717) is 19.4 Å². The van der Waals surface area contributed by atoms with Crippen molar-refractivity contribution in [2.24, 2.45) is 0 Å². The molecule has 1 unspecified atom stereocenters. The molecule has 0 saturated carbocycles. The third-order valence-electron chi connectivity index (χ3n) is 2.92. The molecule has 0 spiro atoms. The second-order valence-corrected chi connectivity index (χ2v) is 4.84. The Morgan fingerprint density at radius 2 is 2.22 bits per heavy atom. The summed E-state index contributed by atoms with van der Waals surface area (Å²) in [4.78, 5) is 27.7. The molecule has 0 aliphatic carbocycles. The highest BCUT2D eigenvalue weighted by Gasteiger charge is 2.25. The van der Waals surface area contributed by atoms with Crippen molar-refractivity contribution in [3.05, 3.63) is 26.9 Å². The molecule has 8 heteroatoms. The summed E-state index contributed by atoms with van der Waals surface area (Å²) < 4.78 is 1.37. The zero-order valence-corrected chi connectivity index (χ0v) is 10.9. The van der Waals surface area contributed by atoms with Crippen LogP contribution in [0.5, 0.6) is 0 Å². The van der Waals surface area contributed by atoms with Crippen LogP contribution in [0.1, 0.15) is 18.9 Å². The van der Waals surface area contributed by atoms with Crippen molar-refractivity contribution in [3.8, 4) is 0 Å². The number of piperidine rings is 1. The Bertz CT molecular complexity index is 532. The quantitative estimate of drug-likeness (QED) is 0.857. The van der Waals surface area contributed by atoms with E-state index in [1.807, 2.05) is 0 Å². The van der Waals surface area contributed by atoms with E-state index in [2.05, 4.69) is 4.98 Å². The molecule has 1 aliphatic heterocycles. The number of nitrogens with zero attached hydrogens (tertiary/aromatic N) is 3. The van der Waals surface area contributed by atoms with E-state index in [4.69, 9.17) is 28.3 Å². The number of rotatable bonds is 1. The highest BCUT2D eigenvalue weighted by atomic mass is 35.5. The molecule has 2 heterocycles. The number of halogens is 2. The minimum absolute atomic E-state index is 0.118. The highest BCUT2D eigenvalue weighted by molar-refractivity contribution is 6.32. The van der Waals surface area contributed by atoms with Crippen molar-refractivity contribution in [3.63, 3.8) is 0 Å². The smallest absolute Gasteiger partial charge is 0.407 e. The first-order valence-electron chi connectivity index (χ1n) is 5.41. The largest absolute Gasteiger partial charge is 0.465 e. The van der Waals surface area contributed by atoms with Crippen LogP contribution in [0.2, 0.25) is 10.3 Å². The number of carboxylic acid groups (broad SMARTS) is 1. The zero-order chi connectivity index (χ0) is 13.3. The van der Waals surface area contributed by atoms with Crippen LogP contribution in [0.15, 0.2) is 11.0 Å². The van der Waals surface area contributed by atoms with Crippen molar-refractivity contribution in [2.45, 2.75) is 18.9 Å². The number of carbonyl (C=O) groups is 1. The molecule has 1 N–H and O–H groups in total. The van der Waals surface area contributed by atoms with Gasteiger partial charge in [0.15, 0.2) is 5.15 Å². The van der Waals surface area contributed by atoms with Gasteiger partial charge < -0.3 is 14.6 Å². The lowest BCUT2D eigenvalue weighted by Crippen LogP contribution is -2.42. The Labute approximate surface area is 113 Å². The van der Waals surface area contributed by atoms with Crippen molar-refractivity contribution >= 4 is 29.3 Å². The lowest BCUT2D eigenvalue weighted by Gasteiger charge is -2.31. The van der Waals surface area contributed by atoms with Gasteiger partial charge in [-0.25, -0.2) is 9.78 Å².